The van der Waals surface area contributed by atoms with Gasteiger partial charge in [-0.05, 0) is 96.3 Å². The lowest BCUT2D eigenvalue weighted by Gasteiger charge is -2.40. The molecule has 1 heterocycles. The van der Waals surface area contributed by atoms with Crippen LogP contribution in [-0.2, 0) is 42.9 Å². The topological polar surface area (TPSA) is 175 Å². The third kappa shape index (κ3) is 49.3. The first-order chi connectivity index (χ1) is 41.6. The number of carbonyl (C=O) groups is 4. The summed E-state index contributed by atoms with van der Waals surface area (Å²) in [6.07, 6.45) is 68.0. The number of unbranched alkanes of at least 4 members (excludes halogenated alkanes) is 28. The average Bonchev–Trinajstić information content (AvgIpc) is 3.53. The number of ether oxygens (including phenoxy) is 5. The lowest BCUT2D eigenvalue weighted by molar-refractivity contribution is -0.301. The maximum Gasteiger partial charge on any atom is 0.335 e. The maximum atomic E-state index is 13.2. The first kappa shape index (κ1) is 78.7. The molecule has 486 valence electrons. The van der Waals surface area contributed by atoms with Crippen LogP contribution in [0.2, 0.25) is 0 Å². The molecule has 3 N–H and O–H groups in total. The highest BCUT2D eigenvalue weighted by molar-refractivity contribution is 5.74. The van der Waals surface area contributed by atoms with Gasteiger partial charge in [-0.1, -0.05) is 272 Å². The molecule has 0 spiro atoms. The second-order valence-corrected chi connectivity index (χ2v) is 23.1. The van der Waals surface area contributed by atoms with Crippen molar-refractivity contribution < 1.29 is 58.2 Å². The number of hydrogen-bond acceptors (Lipinski definition) is 11. The van der Waals surface area contributed by atoms with Crippen LogP contribution in [0.15, 0.2) is 97.2 Å². The highest BCUT2D eigenvalue weighted by Crippen LogP contribution is 2.27. The Labute approximate surface area is 517 Å². The third-order valence-corrected chi connectivity index (χ3v) is 15.1. The Morgan fingerprint density at radius 3 is 1.19 bits per heavy atom. The van der Waals surface area contributed by atoms with E-state index in [4.69, 9.17) is 23.7 Å². The Morgan fingerprint density at radius 1 is 0.400 bits per heavy atom. The molecule has 12 heteroatoms. The molecule has 1 aliphatic heterocycles. The summed E-state index contributed by atoms with van der Waals surface area (Å²) in [6, 6.07) is 0. The van der Waals surface area contributed by atoms with Crippen LogP contribution in [0.3, 0.4) is 0 Å². The van der Waals surface area contributed by atoms with Gasteiger partial charge in [0.2, 0.25) is 0 Å². The quantitative estimate of drug-likeness (QED) is 0.0228. The standard InChI is InChI=1S/C73H122O12/c1-4-7-10-13-16-19-22-25-28-31-33-36-38-41-44-47-50-53-56-59-65(74)81-62-64(83-66(75)60-57-54-51-48-45-42-39-35-30-27-24-21-18-15-12-9-6-3)63-82-73-71(69(78)68(77)70(85-73)72(79)80)84-67(76)61-58-55-52-49-46-43-40-37-34-32-29-26-23-20-17-14-11-8-5-2/h9,12,17-18,20-21,26-27,29-30,34,37,39,42,48,51,64,68-71,73,77-78H,4-8,10-11,13-16,19,22-25,28,31-33,35-36,38,40-41,43-47,49-50,52-63H2,1-3H3,(H,79,80)/b12-9-,20-17-,21-18-,29-26-,30-27-,37-34-,42-39-,51-48-. The van der Waals surface area contributed by atoms with Crippen molar-refractivity contribution >= 4 is 23.9 Å². The number of carboxylic acid groups (broad SMARTS) is 1. The lowest BCUT2D eigenvalue weighted by atomic mass is 9.98. The van der Waals surface area contributed by atoms with Gasteiger partial charge in [0, 0.05) is 19.3 Å². The number of hydrogen-bond donors (Lipinski definition) is 3. The summed E-state index contributed by atoms with van der Waals surface area (Å²) in [4.78, 5) is 51.4. The van der Waals surface area contributed by atoms with Crippen molar-refractivity contribution in [3.8, 4) is 0 Å². The van der Waals surface area contributed by atoms with Crippen LogP contribution in [0.5, 0.6) is 0 Å². The molecule has 6 unspecified atom stereocenters. The van der Waals surface area contributed by atoms with Crippen molar-refractivity contribution in [3.63, 3.8) is 0 Å². The van der Waals surface area contributed by atoms with Crippen molar-refractivity contribution in [2.75, 3.05) is 13.2 Å². The van der Waals surface area contributed by atoms with E-state index in [2.05, 4.69) is 112 Å². The molecule has 0 aromatic heterocycles. The van der Waals surface area contributed by atoms with Crippen LogP contribution < -0.4 is 0 Å². The zero-order valence-corrected chi connectivity index (χ0v) is 53.8. The molecule has 0 aromatic rings. The Morgan fingerprint density at radius 2 is 0.753 bits per heavy atom. The molecule has 85 heavy (non-hydrogen) atoms. The van der Waals surface area contributed by atoms with Gasteiger partial charge in [0.25, 0.3) is 0 Å². The molecule has 6 atom stereocenters. The summed E-state index contributed by atoms with van der Waals surface area (Å²) in [5.41, 5.74) is 0. The van der Waals surface area contributed by atoms with Gasteiger partial charge in [0.15, 0.2) is 24.6 Å². The number of aliphatic hydroxyl groups excluding tert-OH is 2. The number of aliphatic carboxylic acids is 1. The number of esters is 3. The predicted octanol–water partition coefficient (Wildman–Crippen LogP) is 18.8. The SMILES string of the molecule is CC/C=C\C/C=C\C/C=C\C/C=C\C/C=C\CCCC(=O)OC(COC(=O)CCCCCCCCCCCCCCCCCCCCC)COC1OC(C(=O)O)C(O)C(O)C1OC(=O)CCCCCCCC/C=C\C/C=C\C/C=C\CCCCC. The van der Waals surface area contributed by atoms with Crippen LogP contribution >= 0.6 is 0 Å². The van der Waals surface area contributed by atoms with E-state index in [9.17, 15) is 34.5 Å². The lowest BCUT2D eigenvalue weighted by Crippen LogP contribution is -2.61. The number of carboxylic acids is 1. The monoisotopic (exact) mass is 1190 g/mol. The molecule has 1 fully saturated rings. The van der Waals surface area contributed by atoms with Gasteiger partial charge in [0.1, 0.15) is 18.8 Å². The first-order valence-corrected chi connectivity index (χ1v) is 34.2. The van der Waals surface area contributed by atoms with E-state index >= 15 is 0 Å². The van der Waals surface area contributed by atoms with Crippen LogP contribution in [-0.4, -0.2) is 89.2 Å². The van der Waals surface area contributed by atoms with Gasteiger partial charge in [-0.3, -0.25) is 14.4 Å². The van der Waals surface area contributed by atoms with Gasteiger partial charge in [-0.2, -0.15) is 0 Å². The van der Waals surface area contributed by atoms with E-state index < -0.39 is 67.3 Å². The third-order valence-electron chi connectivity index (χ3n) is 15.1. The van der Waals surface area contributed by atoms with Crippen molar-refractivity contribution in [1.82, 2.24) is 0 Å². The molecule has 1 aliphatic rings. The normalized spacial score (nSPS) is 18.1. The van der Waals surface area contributed by atoms with Crippen LogP contribution in [0, 0.1) is 0 Å². The number of allylic oxidation sites excluding steroid dienone is 16. The summed E-state index contributed by atoms with van der Waals surface area (Å²) >= 11 is 0. The van der Waals surface area contributed by atoms with Crippen LogP contribution in [0.1, 0.15) is 290 Å². The second kappa shape index (κ2) is 59.9. The maximum absolute atomic E-state index is 13.2. The van der Waals surface area contributed by atoms with Crippen LogP contribution in [0.4, 0.5) is 0 Å². The predicted molar refractivity (Wildman–Crippen MR) is 349 cm³/mol. The summed E-state index contributed by atoms with van der Waals surface area (Å²) in [5.74, 6) is -3.21. The number of aliphatic hydroxyl groups is 2. The molecule has 0 aliphatic carbocycles. The van der Waals surface area contributed by atoms with E-state index in [-0.39, 0.29) is 25.9 Å². The summed E-state index contributed by atoms with van der Waals surface area (Å²) < 4.78 is 28.5. The minimum atomic E-state index is -1.92. The number of rotatable bonds is 58. The van der Waals surface area contributed by atoms with Gasteiger partial charge in [-0.15, -0.1) is 0 Å². The molecule has 0 aromatic carbocycles. The zero-order valence-electron chi connectivity index (χ0n) is 53.8. The fraction of sp³-hybridized carbons (Fsp3) is 0.726. The fourth-order valence-corrected chi connectivity index (χ4v) is 9.94. The molecule has 0 amide bonds. The van der Waals surface area contributed by atoms with E-state index in [1.165, 1.54) is 116 Å². The van der Waals surface area contributed by atoms with Crippen molar-refractivity contribution in [2.24, 2.45) is 0 Å². The molecule has 0 radical (unpaired) electrons. The average molecular weight is 1190 g/mol. The molecular formula is C73H122O12. The molecule has 12 nitrogen and oxygen atoms in total. The highest BCUT2D eigenvalue weighted by atomic mass is 16.7. The Bertz CT molecular complexity index is 1840. The minimum absolute atomic E-state index is 0.0363. The highest BCUT2D eigenvalue weighted by Gasteiger charge is 2.50. The Hall–Kier alpha value is -4.36. The van der Waals surface area contributed by atoms with Gasteiger partial charge in [-0.25, -0.2) is 4.79 Å². The largest absolute Gasteiger partial charge is 0.479 e. The first-order valence-electron chi connectivity index (χ1n) is 34.2. The van der Waals surface area contributed by atoms with E-state index in [0.29, 0.717) is 25.7 Å². The summed E-state index contributed by atoms with van der Waals surface area (Å²) in [5, 5.41) is 31.6. The molecular weight excluding hydrogens is 1070 g/mol. The smallest absolute Gasteiger partial charge is 0.335 e. The van der Waals surface area contributed by atoms with Gasteiger partial charge >= 0.3 is 23.9 Å². The van der Waals surface area contributed by atoms with Crippen molar-refractivity contribution in [1.29, 1.82) is 0 Å². The van der Waals surface area contributed by atoms with Crippen molar-refractivity contribution in [2.45, 2.75) is 327 Å². The van der Waals surface area contributed by atoms with E-state index in [1.807, 2.05) is 6.08 Å². The van der Waals surface area contributed by atoms with Crippen molar-refractivity contribution in [3.05, 3.63) is 97.2 Å². The van der Waals surface area contributed by atoms with E-state index in [1.54, 1.807) is 0 Å². The molecule has 0 saturated carbocycles. The molecule has 1 saturated heterocycles. The molecule has 1 rings (SSSR count). The number of carbonyl (C=O) groups excluding carboxylic acids is 3. The van der Waals surface area contributed by atoms with Gasteiger partial charge in [0.05, 0.1) is 6.61 Å². The Balaban J connectivity index is 2.68. The zero-order chi connectivity index (χ0) is 61.7. The van der Waals surface area contributed by atoms with Crippen LogP contribution in [0.25, 0.3) is 0 Å². The second-order valence-electron chi connectivity index (χ2n) is 23.1. The summed E-state index contributed by atoms with van der Waals surface area (Å²) in [7, 11) is 0. The fourth-order valence-electron chi connectivity index (χ4n) is 9.94. The summed E-state index contributed by atoms with van der Waals surface area (Å²) in [6.45, 7) is 5.84. The molecule has 0 bridgehead atoms. The Kier molecular flexibility index (Phi) is 55.5. The van der Waals surface area contributed by atoms with Gasteiger partial charge < -0.3 is 39.0 Å². The minimum Gasteiger partial charge on any atom is -0.479 e. The van der Waals surface area contributed by atoms with E-state index in [0.717, 1.165) is 109 Å².